The largest absolute Gasteiger partial charge is 0.444 e. The lowest BCUT2D eigenvalue weighted by molar-refractivity contribution is 0.0523. The van der Waals surface area contributed by atoms with Gasteiger partial charge >= 0.3 is 12.2 Å². The molecule has 39 heavy (non-hydrogen) atoms. The third kappa shape index (κ3) is 8.82. The second-order valence-corrected chi connectivity index (χ2v) is 10.9. The number of rotatable bonds is 9. The average molecular weight is 533 g/mol. The molecule has 0 fully saturated rings. The first-order valence-electron chi connectivity index (χ1n) is 13.2. The van der Waals surface area contributed by atoms with E-state index in [-0.39, 0.29) is 6.54 Å². The average Bonchev–Trinajstić information content (AvgIpc) is 2.87. The summed E-state index contributed by atoms with van der Waals surface area (Å²) in [5.74, 6) is 0.653. The summed E-state index contributed by atoms with van der Waals surface area (Å²) in [6.45, 7) is 12.4. The molecule has 0 spiro atoms. The van der Waals surface area contributed by atoms with E-state index in [9.17, 15) is 9.59 Å². The van der Waals surface area contributed by atoms with E-state index in [2.05, 4.69) is 24.5 Å². The van der Waals surface area contributed by atoms with Gasteiger partial charge in [-0.2, -0.15) is 0 Å². The van der Waals surface area contributed by atoms with E-state index in [4.69, 9.17) is 20.2 Å². The first-order valence-corrected chi connectivity index (χ1v) is 13.2. The molecule has 8 nitrogen and oxygen atoms in total. The first kappa shape index (κ1) is 29.6. The summed E-state index contributed by atoms with van der Waals surface area (Å²) >= 11 is 0. The van der Waals surface area contributed by atoms with Crippen molar-refractivity contribution in [2.75, 3.05) is 0 Å². The highest BCUT2D eigenvalue weighted by Gasteiger charge is 2.24. The fourth-order valence-electron chi connectivity index (χ4n) is 4.14. The summed E-state index contributed by atoms with van der Waals surface area (Å²) in [7, 11) is 0. The number of alkyl carbamates (subject to hydrolysis) is 1. The Kier molecular flexibility index (Phi) is 10.1. The standard InChI is InChI=1S/C31H40N4O4/c1-20(2)16-26-25(19-34-30(37)39-31(4,5)6)27(24-14-12-22(17-32)13-15-24)28(21(3)35-26)38-29(36)33-18-23-10-8-7-9-11-23/h7-15,20H,16-19,32H2,1-6H3,(H,33,36)(H,34,37). The third-order valence-electron chi connectivity index (χ3n) is 5.87. The quantitative estimate of drug-likeness (QED) is 0.310. The monoisotopic (exact) mass is 532 g/mol. The highest BCUT2D eigenvalue weighted by Crippen LogP contribution is 2.38. The van der Waals surface area contributed by atoms with Crippen LogP contribution < -0.4 is 21.1 Å². The Morgan fingerprint density at radius 3 is 2.15 bits per heavy atom. The zero-order valence-electron chi connectivity index (χ0n) is 23.8. The maximum Gasteiger partial charge on any atom is 0.412 e. The van der Waals surface area contributed by atoms with Crippen molar-refractivity contribution in [2.45, 2.75) is 73.2 Å². The lowest BCUT2D eigenvalue weighted by atomic mass is 9.92. The van der Waals surface area contributed by atoms with Crippen molar-refractivity contribution in [3.8, 4) is 16.9 Å². The molecule has 2 aromatic carbocycles. The Bertz CT molecular complexity index is 1270. The minimum Gasteiger partial charge on any atom is -0.444 e. The molecule has 0 unspecified atom stereocenters. The molecule has 0 saturated carbocycles. The van der Waals surface area contributed by atoms with E-state index in [1.165, 1.54) is 0 Å². The number of benzene rings is 2. The molecule has 4 N–H and O–H groups in total. The van der Waals surface area contributed by atoms with E-state index < -0.39 is 17.8 Å². The molecule has 8 heteroatoms. The van der Waals surface area contributed by atoms with Crippen molar-refractivity contribution < 1.29 is 19.1 Å². The van der Waals surface area contributed by atoms with E-state index in [0.29, 0.717) is 42.4 Å². The topological polar surface area (TPSA) is 116 Å². The minimum absolute atomic E-state index is 0.153. The van der Waals surface area contributed by atoms with Crippen LogP contribution >= 0.6 is 0 Å². The molecular weight excluding hydrogens is 492 g/mol. The van der Waals surface area contributed by atoms with Gasteiger partial charge < -0.3 is 25.8 Å². The maximum absolute atomic E-state index is 13.0. The number of nitrogens with zero attached hydrogens (tertiary/aromatic N) is 1. The molecule has 1 aromatic heterocycles. The van der Waals surface area contributed by atoms with Gasteiger partial charge in [0.25, 0.3) is 0 Å². The van der Waals surface area contributed by atoms with Gasteiger partial charge in [-0.3, -0.25) is 4.98 Å². The molecule has 1 heterocycles. The normalized spacial score (nSPS) is 11.3. The van der Waals surface area contributed by atoms with E-state index in [0.717, 1.165) is 27.9 Å². The summed E-state index contributed by atoms with van der Waals surface area (Å²) in [5, 5.41) is 5.69. The number of hydrogen-bond donors (Lipinski definition) is 3. The maximum atomic E-state index is 13.0. The smallest absolute Gasteiger partial charge is 0.412 e. The van der Waals surface area contributed by atoms with Crippen LogP contribution in [0.3, 0.4) is 0 Å². The second kappa shape index (κ2) is 13.2. The number of nitrogens with two attached hydrogens (primary N) is 1. The lowest BCUT2D eigenvalue weighted by Crippen LogP contribution is -2.33. The molecule has 0 bridgehead atoms. The van der Waals surface area contributed by atoms with Crippen LogP contribution in [0.15, 0.2) is 54.6 Å². The number of hydrogen-bond acceptors (Lipinski definition) is 6. The molecule has 3 aromatic rings. The SMILES string of the molecule is Cc1nc(CC(C)C)c(CNC(=O)OC(C)(C)C)c(-c2ccc(CN)cc2)c1OC(=O)NCc1ccccc1. The van der Waals surface area contributed by atoms with Crippen LogP contribution in [0, 0.1) is 12.8 Å². The van der Waals surface area contributed by atoms with Crippen LogP contribution in [0.2, 0.25) is 0 Å². The number of aryl methyl sites for hydroxylation is 1. The van der Waals surface area contributed by atoms with Crippen LogP contribution in [0.25, 0.3) is 11.1 Å². The minimum atomic E-state index is -0.637. The van der Waals surface area contributed by atoms with E-state index in [1.807, 2.05) is 82.3 Å². The molecule has 0 aliphatic heterocycles. The fourth-order valence-corrected chi connectivity index (χ4v) is 4.14. The molecule has 208 valence electrons. The van der Waals surface area contributed by atoms with Crippen molar-refractivity contribution in [1.82, 2.24) is 15.6 Å². The summed E-state index contributed by atoms with van der Waals surface area (Å²) in [5.41, 5.74) is 10.8. The van der Waals surface area contributed by atoms with Crippen molar-refractivity contribution in [3.05, 3.63) is 82.7 Å². The summed E-state index contributed by atoms with van der Waals surface area (Å²) < 4.78 is 11.4. The Morgan fingerprint density at radius 2 is 1.56 bits per heavy atom. The third-order valence-corrected chi connectivity index (χ3v) is 5.87. The Morgan fingerprint density at radius 1 is 0.923 bits per heavy atom. The number of carbonyl (C=O) groups is 2. The van der Waals surface area contributed by atoms with Crippen LogP contribution in [0.4, 0.5) is 9.59 Å². The fraction of sp³-hybridized carbons (Fsp3) is 0.387. The van der Waals surface area contributed by atoms with Crippen LogP contribution in [0.1, 0.15) is 62.7 Å². The van der Waals surface area contributed by atoms with Gasteiger partial charge in [0.1, 0.15) is 5.60 Å². The Labute approximate surface area is 231 Å². The zero-order chi connectivity index (χ0) is 28.6. The second-order valence-electron chi connectivity index (χ2n) is 10.9. The number of nitrogens with one attached hydrogen (secondary N) is 2. The predicted molar refractivity (Wildman–Crippen MR) is 153 cm³/mol. The van der Waals surface area contributed by atoms with Gasteiger partial charge in [0.05, 0.1) is 5.69 Å². The molecule has 0 radical (unpaired) electrons. The molecule has 0 atom stereocenters. The van der Waals surface area contributed by atoms with Gasteiger partial charge in [0.2, 0.25) is 0 Å². The van der Waals surface area contributed by atoms with Crippen molar-refractivity contribution in [3.63, 3.8) is 0 Å². The van der Waals surface area contributed by atoms with E-state index >= 15 is 0 Å². The van der Waals surface area contributed by atoms with E-state index in [1.54, 1.807) is 0 Å². The van der Waals surface area contributed by atoms with Gasteiger partial charge in [-0.05, 0) is 56.7 Å². The molecule has 0 saturated heterocycles. The lowest BCUT2D eigenvalue weighted by Gasteiger charge is -2.23. The highest BCUT2D eigenvalue weighted by atomic mass is 16.6. The number of carbonyl (C=O) groups excluding carboxylic acids is 2. The van der Waals surface area contributed by atoms with Gasteiger partial charge in [-0.1, -0.05) is 68.4 Å². The molecule has 3 rings (SSSR count). The summed E-state index contributed by atoms with van der Waals surface area (Å²) in [6.07, 6.45) is -0.446. The van der Waals surface area contributed by atoms with Crippen LogP contribution in [-0.4, -0.2) is 22.8 Å². The van der Waals surface area contributed by atoms with Crippen LogP contribution in [-0.2, 0) is 30.8 Å². The summed E-state index contributed by atoms with van der Waals surface area (Å²) in [6, 6.07) is 17.4. The zero-order valence-corrected chi connectivity index (χ0v) is 23.8. The molecule has 0 aliphatic carbocycles. The Hall–Kier alpha value is -3.91. The summed E-state index contributed by atoms with van der Waals surface area (Å²) in [4.78, 5) is 30.4. The van der Waals surface area contributed by atoms with Crippen molar-refractivity contribution >= 4 is 12.2 Å². The molecule has 2 amide bonds. The van der Waals surface area contributed by atoms with Gasteiger partial charge in [-0.15, -0.1) is 0 Å². The molecular formula is C31H40N4O4. The predicted octanol–water partition coefficient (Wildman–Crippen LogP) is 6.03. The van der Waals surface area contributed by atoms with Gasteiger partial charge in [-0.25, -0.2) is 9.59 Å². The number of amides is 2. The Balaban J connectivity index is 2.05. The number of pyridine rings is 1. The van der Waals surface area contributed by atoms with Gasteiger partial charge in [0.15, 0.2) is 5.75 Å². The number of aromatic nitrogens is 1. The van der Waals surface area contributed by atoms with Gasteiger partial charge in [0, 0.05) is 36.5 Å². The van der Waals surface area contributed by atoms with Crippen molar-refractivity contribution in [2.24, 2.45) is 11.7 Å². The molecule has 0 aliphatic rings. The number of ether oxygens (including phenoxy) is 2. The van der Waals surface area contributed by atoms with Crippen LogP contribution in [0.5, 0.6) is 5.75 Å². The first-order chi connectivity index (χ1) is 18.5. The highest BCUT2D eigenvalue weighted by molar-refractivity contribution is 5.81. The van der Waals surface area contributed by atoms with Crippen molar-refractivity contribution in [1.29, 1.82) is 0 Å².